The largest absolute Gasteiger partial charge is 0.395 e. The van der Waals surface area contributed by atoms with Crippen LogP contribution >= 0.6 is 0 Å². The molecule has 0 unspecified atom stereocenters. The van der Waals surface area contributed by atoms with Crippen molar-refractivity contribution >= 4 is 0 Å². The summed E-state index contributed by atoms with van der Waals surface area (Å²) in [6.45, 7) is 7.59. The molecule has 62 valence electrons. The predicted octanol–water partition coefficient (Wildman–Crippen LogP) is 1.00. The molecule has 0 aliphatic carbocycles. The van der Waals surface area contributed by atoms with Gasteiger partial charge >= 0.3 is 0 Å². The van der Waals surface area contributed by atoms with E-state index in [9.17, 15) is 0 Å². The number of rotatable bonds is 5. The van der Waals surface area contributed by atoms with Crippen molar-refractivity contribution in [1.82, 2.24) is 5.32 Å². The third-order valence-electron chi connectivity index (χ3n) is 1.47. The maximum Gasteiger partial charge on any atom is 0.0584 e. The van der Waals surface area contributed by atoms with Gasteiger partial charge in [-0.1, -0.05) is 20.8 Å². The van der Waals surface area contributed by atoms with Crippen LogP contribution in [-0.4, -0.2) is 24.3 Å². The Morgan fingerprint density at radius 3 is 2.30 bits per heavy atom. The van der Waals surface area contributed by atoms with Gasteiger partial charge in [0, 0.05) is 6.04 Å². The molecule has 2 heteroatoms. The van der Waals surface area contributed by atoms with Crippen LogP contribution in [-0.2, 0) is 0 Å². The van der Waals surface area contributed by atoms with E-state index in [1.54, 1.807) is 0 Å². The van der Waals surface area contributed by atoms with E-state index in [2.05, 4.69) is 26.1 Å². The number of aliphatic hydroxyl groups excluding tert-OH is 1. The standard InChI is InChI=1S/C8H19NO/c1-4-9-8(6-10)5-7(2)3/h7-10H,4-6H2,1-3H3/t8-/m1/s1. The SMILES string of the molecule is CCN[C@@H](CO)CC(C)C. The van der Waals surface area contributed by atoms with Crippen LogP contribution in [0.25, 0.3) is 0 Å². The lowest BCUT2D eigenvalue weighted by molar-refractivity contribution is 0.226. The molecule has 0 heterocycles. The van der Waals surface area contributed by atoms with Crippen LogP contribution in [0.2, 0.25) is 0 Å². The monoisotopic (exact) mass is 145 g/mol. The summed E-state index contributed by atoms with van der Waals surface area (Å²) in [5, 5.41) is 12.1. The molecule has 10 heavy (non-hydrogen) atoms. The van der Waals surface area contributed by atoms with Gasteiger partial charge in [0.05, 0.1) is 6.61 Å². The highest BCUT2D eigenvalue weighted by Gasteiger charge is 2.06. The first-order chi connectivity index (χ1) is 4.70. The van der Waals surface area contributed by atoms with Crippen molar-refractivity contribution in [1.29, 1.82) is 0 Å². The Morgan fingerprint density at radius 2 is 2.00 bits per heavy atom. The summed E-state index contributed by atoms with van der Waals surface area (Å²) in [6, 6.07) is 0.296. The number of likely N-dealkylation sites (N-methyl/N-ethyl adjacent to an activating group) is 1. The summed E-state index contributed by atoms with van der Waals surface area (Å²) < 4.78 is 0. The zero-order valence-corrected chi connectivity index (χ0v) is 7.22. The molecule has 0 fully saturated rings. The molecule has 0 radical (unpaired) electrons. The highest BCUT2D eigenvalue weighted by molar-refractivity contribution is 4.65. The van der Waals surface area contributed by atoms with Gasteiger partial charge in [-0.25, -0.2) is 0 Å². The minimum Gasteiger partial charge on any atom is -0.395 e. The molecule has 0 saturated carbocycles. The molecule has 0 saturated heterocycles. The first-order valence-electron chi connectivity index (χ1n) is 4.05. The van der Waals surface area contributed by atoms with Gasteiger partial charge in [0.2, 0.25) is 0 Å². The van der Waals surface area contributed by atoms with Crippen LogP contribution in [0, 0.1) is 5.92 Å². The highest BCUT2D eigenvalue weighted by Crippen LogP contribution is 2.03. The van der Waals surface area contributed by atoms with Crippen molar-refractivity contribution in [2.24, 2.45) is 5.92 Å². The average molecular weight is 145 g/mol. The minimum atomic E-state index is 0.256. The summed E-state index contributed by atoms with van der Waals surface area (Å²) in [5.41, 5.74) is 0. The Bertz CT molecular complexity index is 73.7. The second-order valence-corrected chi connectivity index (χ2v) is 3.07. The lowest BCUT2D eigenvalue weighted by Crippen LogP contribution is -2.33. The van der Waals surface area contributed by atoms with Crippen molar-refractivity contribution in [2.75, 3.05) is 13.2 Å². The van der Waals surface area contributed by atoms with E-state index in [0.29, 0.717) is 12.0 Å². The van der Waals surface area contributed by atoms with Crippen LogP contribution < -0.4 is 5.32 Å². The first kappa shape index (κ1) is 9.92. The Kier molecular flexibility index (Phi) is 5.64. The van der Waals surface area contributed by atoms with Gasteiger partial charge in [0.1, 0.15) is 0 Å². The van der Waals surface area contributed by atoms with Crippen molar-refractivity contribution in [3.8, 4) is 0 Å². The number of aliphatic hydroxyl groups is 1. The van der Waals surface area contributed by atoms with Crippen LogP contribution in [0.5, 0.6) is 0 Å². The van der Waals surface area contributed by atoms with Crippen molar-refractivity contribution in [2.45, 2.75) is 33.2 Å². The van der Waals surface area contributed by atoms with E-state index in [4.69, 9.17) is 5.11 Å². The zero-order chi connectivity index (χ0) is 7.98. The maximum atomic E-state index is 8.84. The van der Waals surface area contributed by atoms with Crippen LogP contribution in [0.15, 0.2) is 0 Å². The fourth-order valence-corrected chi connectivity index (χ4v) is 1.08. The van der Waals surface area contributed by atoms with Gasteiger partial charge in [0.25, 0.3) is 0 Å². The summed E-state index contributed by atoms with van der Waals surface area (Å²) in [5.74, 6) is 0.663. The number of hydrogen-bond donors (Lipinski definition) is 2. The fraction of sp³-hybridized carbons (Fsp3) is 1.00. The second-order valence-electron chi connectivity index (χ2n) is 3.07. The van der Waals surface area contributed by atoms with Crippen molar-refractivity contribution < 1.29 is 5.11 Å². The molecule has 1 atom stereocenters. The minimum absolute atomic E-state index is 0.256. The van der Waals surface area contributed by atoms with Crippen LogP contribution in [0.4, 0.5) is 0 Å². The molecule has 0 bridgehead atoms. The van der Waals surface area contributed by atoms with E-state index in [1.807, 2.05) is 0 Å². The van der Waals surface area contributed by atoms with Gasteiger partial charge in [-0.05, 0) is 18.9 Å². The highest BCUT2D eigenvalue weighted by atomic mass is 16.3. The van der Waals surface area contributed by atoms with Gasteiger partial charge < -0.3 is 10.4 Å². The smallest absolute Gasteiger partial charge is 0.0584 e. The van der Waals surface area contributed by atoms with Crippen molar-refractivity contribution in [3.63, 3.8) is 0 Å². The van der Waals surface area contributed by atoms with Gasteiger partial charge in [0.15, 0.2) is 0 Å². The lowest BCUT2D eigenvalue weighted by Gasteiger charge is -2.16. The molecule has 0 aromatic heterocycles. The van der Waals surface area contributed by atoms with Crippen molar-refractivity contribution in [3.05, 3.63) is 0 Å². The van der Waals surface area contributed by atoms with Gasteiger partial charge in [-0.3, -0.25) is 0 Å². The average Bonchev–Trinajstić information content (AvgIpc) is 1.86. The maximum absolute atomic E-state index is 8.84. The summed E-state index contributed by atoms with van der Waals surface area (Å²) in [6.07, 6.45) is 1.06. The van der Waals surface area contributed by atoms with E-state index < -0.39 is 0 Å². The molecule has 0 rings (SSSR count). The van der Waals surface area contributed by atoms with Gasteiger partial charge in [-0.2, -0.15) is 0 Å². The first-order valence-corrected chi connectivity index (χ1v) is 4.05. The third-order valence-corrected chi connectivity index (χ3v) is 1.47. The predicted molar refractivity (Wildman–Crippen MR) is 44.0 cm³/mol. The van der Waals surface area contributed by atoms with E-state index in [-0.39, 0.29) is 6.61 Å². The van der Waals surface area contributed by atoms with Crippen LogP contribution in [0.3, 0.4) is 0 Å². The zero-order valence-electron chi connectivity index (χ0n) is 7.22. The number of nitrogens with one attached hydrogen (secondary N) is 1. The summed E-state index contributed by atoms with van der Waals surface area (Å²) in [7, 11) is 0. The normalized spacial score (nSPS) is 14.1. The Morgan fingerprint density at radius 1 is 1.40 bits per heavy atom. The van der Waals surface area contributed by atoms with Gasteiger partial charge in [-0.15, -0.1) is 0 Å². The molecule has 0 amide bonds. The quantitative estimate of drug-likeness (QED) is 0.605. The topological polar surface area (TPSA) is 32.3 Å². The second kappa shape index (κ2) is 5.69. The lowest BCUT2D eigenvalue weighted by atomic mass is 10.0. The molecular formula is C8H19NO. The molecule has 2 N–H and O–H groups in total. The van der Waals surface area contributed by atoms with E-state index in [0.717, 1.165) is 13.0 Å². The molecule has 0 aromatic rings. The molecule has 2 nitrogen and oxygen atoms in total. The molecule has 0 aromatic carbocycles. The Labute approximate surface area is 63.6 Å². The Hall–Kier alpha value is -0.0800. The van der Waals surface area contributed by atoms with E-state index in [1.165, 1.54) is 0 Å². The fourth-order valence-electron chi connectivity index (χ4n) is 1.08. The van der Waals surface area contributed by atoms with Crippen LogP contribution in [0.1, 0.15) is 27.2 Å². The summed E-state index contributed by atoms with van der Waals surface area (Å²) >= 11 is 0. The third kappa shape index (κ3) is 4.77. The number of hydrogen-bond acceptors (Lipinski definition) is 2. The molecule has 0 aliphatic rings. The Balaban J connectivity index is 3.39. The summed E-state index contributed by atoms with van der Waals surface area (Å²) in [4.78, 5) is 0. The molecular weight excluding hydrogens is 126 g/mol. The molecule has 0 aliphatic heterocycles. The molecule has 0 spiro atoms. The van der Waals surface area contributed by atoms with E-state index >= 15 is 0 Å².